The van der Waals surface area contributed by atoms with Gasteiger partial charge in [-0.15, -0.1) is 0 Å². The van der Waals surface area contributed by atoms with Crippen LogP contribution >= 0.6 is 0 Å². The van der Waals surface area contributed by atoms with E-state index >= 15 is 0 Å². The van der Waals surface area contributed by atoms with Crippen LogP contribution in [0.4, 0.5) is 0 Å². The molecule has 0 aromatic heterocycles. The van der Waals surface area contributed by atoms with Crippen LogP contribution in [0.2, 0.25) is 0 Å². The van der Waals surface area contributed by atoms with Gasteiger partial charge in [-0.1, -0.05) is 54.1 Å². The Hall–Kier alpha value is -3.14. The summed E-state index contributed by atoms with van der Waals surface area (Å²) in [7, 11) is 0. The Morgan fingerprint density at radius 2 is 1.77 bits per heavy atom. The van der Waals surface area contributed by atoms with Gasteiger partial charge in [-0.3, -0.25) is 4.79 Å². The Labute approximate surface area is 153 Å². The first kappa shape index (κ1) is 17.7. The summed E-state index contributed by atoms with van der Waals surface area (Å²) in [6.45, 7) is 5.78. The van der Waals surface area contributed by atoms with Crippen molar-refractivity contribution < 1.29 is 9.53 Å². The topological polar surface area (TPSA) is 50.7 Å². The van der Waals surface area contributed by atoms with Gasteiger partial charge in [-0.2, -0.15) is 5.10 Å². The highest BCUT2D eigenvalue weighted by Crippen LogP contribution is 2.18. The average molecular weight is 346 g/mol. The van der Waals surface area contributed by atoms with Crippen molar-refractivity contribution >= 4 is 22.4 Å². The third-order valence-corrected chi connectivity index (χ3v) is 4.20. The Balaban J connectivity index is 1.61. The quantitative estimate of drug-likeness (QED) is 0.551. The number of amides is 1. The van der Waals surface area contributed by atoms with E-state index < -0.39 is 0 Å². The van der Waals surface area contributed by atoms with E-state index in [1.54, 1.807) is 0 Å². The van der Waals surface area contributed by atoms with E-state index in [0.717, 1.165) is 27.8 Å². The fourth-order valence-electron chi connectivity index (χ4n) is 2.76. The van der Waals surface area contributed by atoms with Crippen molar-refractivity contribution in [2.45, 2.75) is 20.8 Å². The third kappa shape index (κ3) is 4.28. The summed E-state index contributed by atoms with van der Waals surface area (Å²) in [5.74, 6) is 0.422. The monoisotopic (exact) mass is 346 g/mol. The minimum atomic E-state index is -0.287. The van der Waals surface area contributed by atoms with Crippen LogP contribution in [0, 0.1) is 13.8 Å². The lowest BCUT2D eigenvalue weighted by atomic mass is 10.0. The number of hydrogen-bond donors (Lipinski definition) is 1. The molecule has 0 saturated carbocycles. The minimum Gasteiger partial charge on any atom is -0.483 e. The number of carbonyl (C=O) groups excluding carboxylic acids is 1. The number of carbonyl (C=O) groups is 1. The standard InChI is InChI=1S/C22H22N2O2/c1-15-8-11-21(16(2)12-15)26-14-22(25)24-23-17(3)19-10-9-18-6-4-5-7-20(18)13-19/h4-13H,14H2,1-3H3,(H,24,25). The summed E-state index contributed by atoms with van der Waals surface area (Å²) in [4.78, 5) is 12.0. The van der Waals surface area contributed by atoms with Gasteiger partial charge in [0.15, 0.2) is 6.61 Å². The first-order chi connectivity index (χ1) is 12.5. The van der Waals surface area contributed by atoms with Crippen LogP contribution < -0.4 is 10.2 Å². The summed E-state index contributed by atoms with van der Waals surface area (Å²) in [6.07, 6.45) is 0. The molecule has 0 bridgehead atoms. The molecule has 0 unspecified atom stereocenters. The molecule has 0 spiro atoms. The van der Waals surface area contributed by atoms with Crippen LogP contribution in [-0.2, 0) is 4.79 Å². The Bertz CT molecular complexity index is 977. The summed E-state index contributed by atoms with van der Waals surface area (Å²) >= 11 is 0. The second kappa shape index (κ2) is 7.83. The number of nitrogens with zero attached hydrogens (tertiary/aromatic N) is 1. The maximum Gasteiger partial charge on any atom is 0.277 e. The molecule has 3 aromatic rings. The predicted octanol–water partition coefficient (Wildman–Crippen LogP) is 4.38. The van der Waals surface area contributed by atoms with Gasteiger partial charge >= 0.3 is 0 Å². The van der Waals surface area contributed by atoms with Crippen molar-refractivity contribution in [3.05, 3.63) is 77.4 Å². The molecule has 0 saturated heterocycles. The van der Waals surface area contributed by atoms with Crippen LogP contribution in [-0.4, -0.2) is 18.2 Å². The van der Waals surface area contributed by atoms with E-state index in [-0.39, 0.29) is 12.5 Å². The molecule has 0 heterocycles. The van der Waals surface area contributed by atoms with Gasteiger partial charge in [-0.25, -0.2) is 5.43 Å². The van der Waals surface area contributed by atoms with Crippen LogP contribution in [0.3, 0.4) is 0 Å². The SMILES string of the molecule is CC(=NNC(=O)COc1ccc(C)cc1C)c1ccc2ccccc2c1. The maximum atomic E-state index is 12.0. The average Bonchev–Trinajstić information content (AvgIpc) is 2.65. The number of fused-ring (bicyclic) bond motifs is 1. The van der Waals surface area contributed by atoms with Crippen LogP contribution in [0.25, 0.3) is 10.8 Å². The van der Waals surface area contributed by atoms with Gasteiger partial charge in [0.1, 0.15) is 5.75 Å². The zero-order valence-corrected chi connectivity index (χ0v) is 15.2. The van der Waals surface area contributed by atoms with Crippen molar-refractivity contribution in [3.8, 4) is 5.75 Å². The van der Waals surface area contributed by atoms with E-state index in [0.29, 0.717) is 5.75 Å². The van der Waals surface area contributed by atoms with E-state index in [2.05, 4.69) is 34.8 Å². The van der Waals surface area contributed by atoms with Crippen molar-refractivity contribution in [2.24, 2.45) is 5.10 Å². The highest BCUT2D eigenvalue weighted by Gasteiger charge is 2.05. The second-order valence-electron chi connectivity index (χ2n) is 6.35. The number of ether oxygens (including phenoxy) is 1. The molecule has 26 heavy (non-hydrogen) atoms. The summed E-state index contributed by atoms with van der Waals surface area (Å²) in [5, 5.41) is 6.51. The van der Waals surface area contributed by atoms with Crippen molar-refractivity contribution in [1.82, 2.24) is 5.43 Å². The molecule has 0 aliphatic rings. The van der Waals surface area contributed by atoms with E-state index in [1.807, 2.05) is 57.2 Å². The fraction of sp³-hybridized carbons (Fsp3) is 0.182. The molecule has 3 aromatic carbocycles. The second-order valence-corrected chi connectivity index (χ2v) is 6.35. The number of benzene rings is 3. The lowest BCUT2D eigenvalue weighted by molar-refractivity contribution is -0.123. The number of rotatable bonds is 5. The summed E-state index contributed by atoms with van der Waals surface area (Å²) in [5.41, 5.74) is 6.44. The zero-order chi connectivity index (χ0) is 18.5. The number of hydrogen-bond acceptors (Lipinski definition) is 3. The zero-order valence-electron chi connectivity index (χ0n) is 15.2. The normalized spacial score (nSPS) is 11.4. The molecule has 0 aliphatic heterocycles. The Kier molecular flexibility index (Phi) is 5.32. The molecule has 0 aliphatic carbocycles. The van der Waals surface area contributed by atoms with Crippen molar-refractivity contribution in [1.29, 1.82) is 0 Å². The van der Waals surface area contributed by atoms with Crippen molar-refractivity contribution in [3.63, 3.8) is 0 Å². The molecule has 1 N–H and O–H groups in total. The highest BCUT2D eigenvalue weighted by atomic mass is 16.5. The molecular formula is C22H22N2O2. The molecule has 4 heteroatoms. The van der Waals surface area contributed by atoms with E-state index in [1.165, 1.54) is 5.39 Å². The Morgan fingerprint density at radius 1 is 1.00 bits per heavy atom. The lowest BCUT2D eigenvalue weighted by Gasteiger charge is -2.09. The van der Waals surface area contributed by atoms with Gasteiger partial charge in [-0.05, 0) is 54.8 Å². The fourth-order valence-corrected chi connectivity index (χ4v) is 2.76. The molecule has 0 fully saturated rings. The molecule has 0 atom stereocenters. The molecule has 132 valence electrons. The number of aryl methyl sites for hydroxylation is 2. The van der Waals surface area contributed by atoms with Crippen molar-refractivity contribution in [2.75, 3.05) is 6.61 Å². The summed E-state index contributed by atoms with van der Waals surface area (Å²) in [6, 6.07) is 20.1. The highest BCUT2D eigenvalue weighted by molar-refractivity contribution is 6.02. The van der Waals surface area contributed by atoms with E-state index in [9.17, 15) is 4.79 Å². The number of hydrazone groups is 1. The smallest absolute Gasteiger partial charge is 0.277 e. The first-order valence-corrected chi connectivity index (χ1v) is 8.55. The predicted molar refractivity (Wildman–Crippen MR) is 106 cm³/mol. The molecule has 1 amide bonds. The number of nitrogens with one attached hydrogen (secondary N) is 1. The van der Waals surface area contributed by atoms with Gasteiger partial charge in [0.05, 0.1) is 5.71 Å². The lowest BCUT2D eigenvalue weighted by Crippen LogP contribution is -2.25. The largest absolute Gasteiger partial charge is 0.483 e. The minimum absolute atomic E-state index is 0.0710. The van der Waals surface area contributed by atoms with Crippen LogP contribution in [0.1, 0.15) is 23.6 Å². The Morgan fingerprint density at radius 3 is 2.54 bits per heavy atom. The molecule has 3 rings (SSSR count). The molecule has 4 nitrogen and oxygen atoms in total. The van der Waals surface area contributed by atoms with Gasteiger partial charge < -0.3 is 4.74 Å². The van der Waals surface area contributed by atoms with Crippen LogP contribution in [0.15, 0.2) is 65.8 Å². The van der Waals surface area contributed by atoms with Gasteiger partial charge in [0.2, 0.25) is 0 Å². The maximum absolute atomic E-state index is 12.0. The van der Waals surface area contributed by atoms with Gasteiger partial charge in [0.25, 0.3) is 5.91 Å². The van der Waals surface area contributed by atoms with Crippen LogP contribution in [0.5, 0.6) is 5.75 Å². The first-order valence-electron chi connectivity index (χ1n) is 8.55. The molecular weight excluding hydrogens is 324 g/mol. The summed E-state index contributed by atoms with van der Waals surface area (Å²) < 4.78 is 5.57. The van der Waals surface area contributed by atoms with E-state index in [4.69, 9.17) is 4.74 Å². The van der Waals surface area contributed by atoms with Gasteiger partial charge in [0, 0.05) is 0 Å². The molecule has 0 radical (unpaired) electrons. The third-order valence-electron chi connectivity index (χ3n) is 4.20.